The molecule has 0 fully saturated rings. The van der Waals surface area contributed by atoms with Crippen molar-refractivity contribution in [3.63, 3.8) is 0 Å². The SMILES string of the molecule is CNCc1ccc([B]OC(C)(C)C(C)S)c(C)c1. The Morgan fingerprint density at radius 1 is 1.44 bits per heavy atom. The molecule has 1 unspecified atom stereocenters. The molecule has 0 aliphatic heterocycles. The Labute approximate surface area is 117 Å². The lowest BCUT2D eigenvalue weighted by atomic mass is 9.82. The van der Waals surface area contributed by atoms with Gasteiger partial charge in [-0.1, -0.05) is 36.1 Å². The first-order valence-electron chi connectivity index (χ1n) is 6.30. The van der Waals surface area contributed by atoms with Crippen LogP contribution in [0.3, 0.4) is 0 Å². The van der Waals surface area contributed by atoms with Crippen molar-refractivity contribution in [1.82, 2.24) is 5.32 Å². The van der Waals surface area contributed by atoms with Gasteiger partial charge in [0.15, 0.2) is 0 Å². The van der Waals surface area contributed by atoms with E-state index in [1.165, 1.54) is 11.1 Å². The van der Waals surface area contributed by atoms with Crippen LogP contribution < -0.4 is 10.8 Å². The van der Waals surface area contributed by atoms with Gasteiger partial charge in [0.2, 0.25) is 0 Å². The third kappa shape index (κ3) is 4.34. The number of hydrogen-bond donors (Lipinski definition) is 2. The Hall–Kier alpha value is -0.445. The summed E-state index contributed by atoms with van der Waals surface area (Å²) in [7, 11) is 3.79. The summed E-state index contributed by atoms with van der Waals surface area (Å²) < 4.78 is 5.84. The van der Waals surface area contributed by atoms with E-state index < -0.39 is 0 Å². The summed E-state index contributed by atoms with van der Waals surface area (Å²) in [6.07, 6.45) is 0. The number of hydrogen-bond acceptors (Lipinski definition) is 3. The maximum Gasteiger partial charge on any atom is 0.331 e. The predicted octanol–water partition coefficient (Wildman–Crippen LogP) is 2.07. The fourth-order valence-electron chi connectivity index (χ4n) is 1.50. The van der Waals surface area contributed by atoms with Crippen LogP contribution in [-0.4, -0.2) is 25.4 Å². The lowest BCUT2D eigenvalue weighted by Crippen LogP contribution is -2.38. The molecule has 0 heterocycles. The van der Waals surface area contributed by atoms with E-state index in [0.717, 1.165) is 12.0 Å². The Morgan fingerprint density at radius 2 is 2.11 bits per heavy atom. The minimum Gasteiger partial charge on any atom is -0.428 e. The standard InChI is InChI=1S/C14H23BNOS/c1-10-8-12(9-16-5)6-7-13(10)15-17-14(3,4)11(2)18/h6-8,11,16,18H,9H2,1-5H3. The van der Waals surface area contributed by atoms with Crippen LogP contribution in [0, 0.1) is 6.92 Å². The van der Waals surface area contributed by atoms with Crippen LogP contribution in [0.25, 0.3) is 0 Å². The van der Waals surface area contributed by atoms with E-state index in [1.807, 2.05) is 35.3 Å². The number of aryl methyl sites for hydroxylation is 1. The van der Waals surface area contributed by atoms with Crippen LogP contribution in [0.2, 0.25) is 0 Å². The van der Waals surface area contributed by atoms with Gasteiger partial charge in [-0.2, -0.15) is 12.6 Å². The average molecular weight is 264 g/mol. The number of thiol groups is 1. The van der Waals surface area contributed by atoms with Gasteiger partial charge < -0.3 is 9.97 Å². The molecule has 1 rings (SSSR count). The summed E-state index contributed by atoms with van der Waals surface area (Å²) in [6.45, 7) is 9.13. The highest BCUT2D eigenvalue weighted by Gasteiger charge is 2.24. The monoisotopic (exact) mass is 264 g/mol. The fraction of sp³-hybridized carbons (Fsp3) is 0.571. The minimum atomic E-state index is -0.265. The quantitative estimate of drug-likeness (QED) is 0.606. The third-order valence-electron chi connectivity index (χ3n) is 3.21. The molecule has 4 heteroatoms. The second kappa shape index (κ2) is 6.64. The molecule has 0 amide bonds. The molecule has 0 aromatic heterocycles. The van der Waals surface area contributed by atoms with E-state index in [0.29, 0.717) is 0 Å². The lowest BCUT2D eigenvalue weighted by Gasteiger charge is -2.29. The van der Waals surface area contributed by atoms with E-state index in [2.05, 4.69) is 43.1 Å². The van der Waals surface area contributed by atoms with E-state index in [9.17, 15) is 0 Å². The van der Waals surface area contributed by atoms with Crippen LogP contribution in [0.5, 0.6) is 0 Å². The second-order valence-corrected chi connectivity index (χ2v) is 6.01. The molecule has 2 nitrogen and oxygen atoms in total. The molecule has 0 spiro atoms. The first-order chi connectivity index (χ1) is 8.36. The molecule has 1 N–H and O–H groups in total. The van der Waals surface area contributed by atoms with Crippen molar-refractivity contribution >= 4 is 25.6 Å². The summed E-state index contributed by atoms with van der Waals surface area (Å²) in [6, 6.07) is 6.40. The zero-order valence-electron chi connectivity index (χ0n) is 11.9. The van der Waals surface area contributed by atoms with Crippen LogP contribution >= 0.6 is 12.6 Å². The number of benzene rings is 1. The molecule has 1 atom stereocenters. The highest BCUT2D eigenvalue weighted by Crippen LogP contribution is 2.18. The first kappa shape index (κ1) is 15.6. The van der Waals surface area contributed by atoms with E-state index >= 15 is 0 Å². The molecular weight excluding hydrogens is 241 g/mol. The smallest absolute Gasteiger partial charge is 0.331 e. The summed E-state index contributed by atoms with van der Waals surface area (Å²) in [5.41, 5.74) is 3.37. The molecule has 1 radical (unpaired) electrons. The van der Waals surface area contributed by atoms with Gasteiger partial charge in [0.25, 0.3) is 0 Å². The van der Waals surface area contributed by atoms with Crippen LogP contribution in [0.1, 0.15) is 31.9 Å². The summed E-state index contributed by atoms with van der Waals surface area (Å²) in [5.74, 6) is 0. The molecule has 0 saturated heterocycles. The van der Waals surface area contributed by atoms with Crippen molar-refractivity contribution in [3.8, 4) is 0 Å². The Balaban J connectivity index is 2.68. The van der Waals surface area contributed by atoms with Crippen molar-refractivity contribution in [2.45, 2.75) is 45.1 Å². The van der Waals surface area contributed by atoms with Crippen molar-refractivity contribution < 1.29 is 4.65 Å². The van der Waals surface area contributed by atoms with Crippen molar-refractivity contribution in [3.05, 3.63) is 29.3 Å². The first-order valence-corrected chi connectivity index (χ1v) is 6.81. The predicted molar refractivity (Wildman–Crippen MR) is 82.9 cm³/mol. The van der Waals surface area contributed by atoms with Gasteiger partial charge in [-0.05, 0) is 33.4 Å². The van der Waals surface area contributed by atoms with Gasteiger partial charge in [-0.3, -0.25) is 0 Å². The molecule has 18 heavy (non-hydrogen) atoms. The van der Waals surface area contributed by atoms with E-state index in [4.69, 9.17) is 4.65 Å². The second-order valence-electron chi connectivity index (χ2n) is 5.24. The normalized spacial score (nSPS) is 13.4. The van der Waals surface area contributed by atoms with Crippen LogP contribution in [0.4, 0.5) is 0 Å². The average Bonchev–Trinajstić information content (AvgIpc) is 2.28. The fourth-order valence-corrected chi connectivity index (χ4v) is 1.56. The van der Waals surface area contributed by atoms with Gasteiger partial charge >= 0.3 is 7.48 Å². The highest BCUT2D eigenvalue weighted by atomic mass is 32.1. The molecular formula is C14H23BNOS. The topological polar surface area (TPSA) is 21.3 Å². The summed E-state index contributed by atoms with van der Waals surface area (Å²) >= 11 is 4.44. The third-order valence-corrected chi connectivity index (χ3v) is 3.83. The molecule has 1 aromatic carbocycles. The van der Waals surface area contributed by atoms with Gasteiger partial charge in [0.05, 0.1) is 5.60 Å². The molecule has 0 saturated carbocycles. The van der Waals surface area contributed by atoms with E-state index in [1.54, 1.807) is 0 Å². The molecule has 1 aromatic rings. The maximum absolute atomic E-state index is 5.84. The van der Waals surface area contributed by atoms with Crippen LogP contribution in [0.15, 0.2) is 18.2 Å². The van der Waals surface area contributed by atoms with Gasteiger partial charge in [0, 0.05) is 11.8 Å². The number of rotatable bonds is 6. The summed E-state index contributed by atoms with van der Waals surface area (Å²) in [4.78, 5) is 0. The largest absolute Gasteiger partial charge is 0.428 e. The van der Waals surface area contributed by atoms with E-state index in [-0.39, 0.29) is 10.9 Å². The molecule has 99 valence electrons. The van der Waals surface area contributed by atoms with Gasteiger partial charge in [0.1, 0.15) is 0 Å². The molecule has 0 aliphatic rings. The van der Waals surface area contributed by atoms with Crippen molar-refractivity contribution in [2.24, 2.45) is 0 Å². The highest BCUT2D eigenvalue weighted by molar-refractivity contribution is 7.81. The van der Waals surface area contributed by atoms with Crippen molar-refractivity contribution in [1.29, 1.82) is 0 Å². The zero-order valence-corrected chi connectivity index (χ0v) is 12.8. The van der Waals surface area contributed by atoms with Crippen LogP contribution in [-0.2, 0) is 11.2 Å². The Morgan fingerprint density at radius 3 is 2.61 bits per heavy atom. The van der Waals surface area contributed by atoms with Gasteiger partial charge in [-0.15, -0.1) is 0 Å². The molecule has 0 aliphatic carbocycles. The Kier molecular flexibility index (Phi) is 5.76. The zero-order chi connectivity index (χ0) is 13.8. The lowest BCUT2D eigenvalue weighted by molar-refractivity contribution is 0.121. The number of nitrogens with one attached hydrogen (secondary N) is 1. The molecule has 0 bridgehead atoms. The van der Waals surface area contributed by atoms with Gasteiger partial charge in [-0.25, -0.2) is 0 Å². The van der Waals surface area contributed by atoms with Crippen molar-refractivity contribution in [2.75, 3.05) is 7.05 Å². The Bertz CT molecular complexity index is 393. The minimum absolute atomic E-state index is 0.178. The maximum atomic E-state index is 5.84. The summed E-state index contributed by atoms with van der Waals surface area (Å²) in [5, 5.41) is 3.33.